The summed E-state index contributed by atoms with van der Waals surface area (Å²) in [5.74, 6) is -0.429. The highest BCUT2D eigenvalue weighted by Gasteiger charge is 2.08. The highest BCUT2D eigenvalue weighted by Crippen LogP contribution is 2.17. The number of benzene rings is 1. The van der Waals surface area contributed by atoms with Crippen LogP contribution in [0.15, 0.2) is 42.9 Å². The van der Waals surface area contributed by atoms with Crippen molar-refractivity contribution in [2.75, 3.05) is 0 Å². The van der Waals surface area contributed by atoms with E-state index in [0.717, 1.165) is 5.56 Å². The topological polar surface area (TPSA) is 26.3 Å². The van der Waals surface area contributed by atoms with Gasteiger partial charge in [0.25, 0.3) is 0 Å². The van der Waals surface area contributed by atoms with E-state index >= 15 is 0 Å². The van der Waals surface area contributed by atoms with Gasteiger partial charge in [0.15, 0.2) is 0 Å². The van der Waals surface area contributed by atoms with Crippen molar-refractivity contribution < 1.29 is 12.3 Å². The molecular weight excluding hydrogens is 164 g/mol. The first-order chi connectivity index (χ1) is 7.09. The van der Waals surface area contributed by atoms with Crippen LogP contribution in [-0.4, -0.2) is 5.97 Å². The number of carbonyl (C=O) groups is 1. The lowest BCUT2D eigenvalue weighted by Gasteiger charge is -2.12. The van der Waals surface area contributed by atoms with Crippen LogP contribution in [0.2, 0.25) is 0 Å². The Balaban J connectivity index is 2.91. The fourth-order valence-corrected chi connectivity index (χ4v) is 1.02. The predicted molar refractivity (Wildman–Crippen MR) is 51.1 cm³/mol. The third kappa shape index (κ3) is 2.75. The van der Waals surface area contributed by atoms with Crippen LogP contribution in [0.3, 0.4) is 0 Å². The summed E-state index contributed by atoms with van der Waals surface area (Å²) in [6.07, 6.45) is 0.630. The molecule has 0 heterocycles. The summed E-state index contributed by atoms with van der Waals surface area (Å²) in [5, 5.41) is 0. The standard InChI is InChI=1S/C11H12O2/c1-3-11(13-9(2)12)10-7-5-4-6-8-10/h3-8,11H,1H2,2H3/i1D2. The van der Waals surface area contributed by atoms with Gasteiger partial charge in [0, 0.05) is 6.92 Å². The lowest BCUT2D eigenvalue weighted by atomic mass is 10.1. The van der Waals surface area contributed by atoms with E-state index in [1.807, 2.05) is 18.2 Å². The molecule has 0 spiro atoms. The Morgan fingerprint density at radius 1 is 1.62 bits per heavy atom. The van der Waals surface area contributed by atoms with E-state index in [1.165, 1.54) is 13.0 Å². The van der Waals surface area contributed by atoms with E-state index in [0.29, 0.717) is 0 Å². The van der Waals surface area contributed by atoms with Crippen LogP contribution in [0.5, 0.6) is 0 Å². The molecule has 0 aromatic heterocycles. The molecule has 68 valence electrons. The molecule has 1 rings (SSSR count). The number of esters is 1. The normalized spacial score (nSPS) is 13.6. The average molecular weight is 178 g/mol. The minimum absolute atomic E-state index is 0.370. The van der Waals surface area contributed by atoms with Crippen LogP contribution in [0.25, 0.3) is 0 Å². The van der Waals surface area contributed by atoms with Gasteiger partial charge in [-0.15, -0.1) is 0 Å². The molecule has 0 saturated heterocycles. The SMILES string of the molecule is [2H]C([2H])=CC(OC(C)=O)c1ccccc1. The van der Waals surface area contributed by atoms with Crippen molar-refractivity contribution in [3.8, 4) is 0 Å². The number of hydrogen-bond donors (Lipinski definition) is 0. The third-order valence-electron chi connectivity index (χ3n) is 1.57. The van der Waals surface area contributed by atoms with E-state index in [4.69, 9.17) is 7.48 Å². The van der Waals surface area contributed by atoms with E-state index in [9.17, 15) is 4.79 Å². The molecule has 0 fully saturated rings. The molecule has 1 aromatic rings. The zero-order valence-electron chi connectivity index (χ0n) is 9.36. The lowest BCUT2D eigenvalue weighted by Crippen LogP contribution is -2.05. The zero-order chi connectivity index (χ0) is 11.3. The smallest absolute Gasteiger partial charge is 0.303 e. The maximum Gasteiger partial charge on any atom is 0.303 e. The highest BCUT2D eigenvalue weighted by molar-refractivity contribution is 5.66. The summed E-state index contributed by atoms with van der Waals surface area (Å²) >= 11 is 0. The Kier molecular flexibility index (Phi) is 2.36. The van der Waals surface area contributed by atoms with Gasteiger partial charge >= 0.3 is 5.97 Å². The van der Waals surface area contributed by atoms with Crippen LogP contribution >= 0.6 is 0 Å². The van der Waals surface area contributed by atoms with E-state index in [1.54, 1.807) is 12.1 Å². The molecule has 0 aliphatic carbocycles. The Morgan fingerprint density at radius 2 is 2.31 bits per heavy atom. The first-order valence-electron chi connectivity index (χ1n) is 4.97. The molecule has 13 heavy (non-hydrogen) atoms. The fraction of sp³-hybridized carbons (Fsp3) is 0.182. The van der Waals surface area contributed by atoms with Crippen molar-refractivity contribution in [1.29, 1.82) is 0 Å². The predicted octanol–water partition coefficient (Wildman–Crippen LogP) is 2.48. The van der Waals surface area contributed by atoms with Gasteiger partial charge < -0.3 is 4.74 Å². The van der Waals surface area contributed by atoms with E-state index in [2.05, 4.69) is 0 Å². The first-order valence-corrected chi connectivity index (χ1v) is 3.97. The molecule has 0 radical (unpaired) electrons. The van der Waals surface area contributed by atoms with Gasteiger partial charge in [-0.25, -0.2) is 0 Å². The maximum absolute atomic E-state index is 10.8. The van der Waals surface area contributed by atoms with E-state index < -0.39 is 12.1 Å². The summed E-state index contributed by atoms with van der Waals surface area (Å²) in [4.78, 5) is 10.8. The molecule has 0 saturated carbocycles. The minimum Gasteiger partial charge on any atom is -0.453 e. The average Bonchev–Trinajstić information content (AvgIpc) is 2.17. The maximum atomic E-state index is 10.8. The number of ether oxygens (including phenoxy) is 1. The van der Waals surface area contributed by atoms with E-state index in [-0.39, 0.29) is 6.53 Å². The Hall–Kier alpha value is -1.57. The number of carbonyl (C=O) groups excluding carboxylic acids is 1. The van der Waals surface area contributed by atoms with Crippen molar-refractivity contribution in [1.82, 2.24) is 0 Å². The molecule has 1 atom stereocenters. The Bertz CT molecular complexity index is 356. The molecule has 1 aromatic carbocycles. The van der Waals surface area contributed by atoms with Gasteiger partial charge in [-0.05, 0) is 11.6 Å². The largest absolute Gasteiger partial charge is 0.453 e. The highest BCUT2D eigenvalue weighted by atomic mass is 16.5. The summed E-state index contributed by atoms with van der Waals surface area (Å²) < 4.78 is 19.1. The molecule has 0 aliphatic rings. The van der Waals surface area contributed by atoms with Crippen LogP contribution < -0.4 is 0 Å². The summed E-state index contributed by atoms with van der Waals surface area (Å²) in [7, 11) is 0. The monoisotopic (exact) mass is 178 g/mol. The van der Waals surface area contributed by atoms with Crippen LogP contribution in [0.4, 0.5) is 0 Å². The van der Waals surface area contributed by atoms with Crippen LogP contribution in [0, 0.1) is 0 Å². The van der Waals surface area contributed by atoms with Gasteiger partial charge in [0.2, 0.25) is 0 Å². The molecule has 0 bridgehead atoms. The van der Waals surface area contributed by atoms with Crippen LogP contribution in [0.1, 0.15) is 21.3 Å². The lowest BCUT2D eigenvalue weighted by molar-refractivity contribution is -0.144. The molecule has 0 aliphatic heterocycles. The number of hydrogen-bond acceptors (Lipinski definition) is 2. The van der Waals surface area contributed by atoms with Crippen LogP contribution in [-0.2, 0) is 9.53 Å². The molecule has 1 unspecified atom stereocenters. The van der Waals surface area contributed by atoms with Crippen molar-refractivity contribution in [3.05, 3.63) is 48.5 Å². The third-order valence-corrected chi connectivity index (χ3v) is 1.57. The summed E-state index contributed by atoms with van der Waals surface area (Å²) in [6, 6.07) is 9.04. The van der Waals surface area contributed by atoms with Crippen molar-refractivity contribution in [2.45, 2.75) is 13.0 Å². The molecule has 0 amide bonds. The second kappa shape index (κ2) is 4.45. The van der Waals surface area contributed by atoms with Crippen molar-refractivity contribution >= 4 is 5.97 Å². The van der Waals surface area contributed by atoms with Gasteiger partial charge in [-0.1, -0.05) is 36.9 Å². The zero-order valence-corrected chi connectivity index (χ0v) is 7.36. The minimum atomic E-state index is -0.645. The summed E-state index contributed by atoms with van der Waals surface area (Å²) in [6.45, 7) is 0.933. The van der Waals surface area contributed by atoms with Crippen molar-refractivity contribution in [3.63, 3.8) is 0 Å². The quantitative estimate of drug-likeness (QED) is 0.525. The summed E-state index contributed by atoms with van der Waals surface area (Å²) in [5.41, 5.74) is 0.754. The Labute approximate surface area is 80.7 Å². The molecule has 2 heteroatoms. The fourth-order valence-electron chi connectivity index (χ4n) is 1.02. The first kappa shape index (κ1) is 6.89. The second-order valence-corrected chi connectivity index (χ2v) is 2.61. The second-order valence-electron chi connectivity index (χ2n) is 2.61. The molecule has 0 N–H and O–H groups in total. The van der Waals surface area contributed by atoms with Gasteiger partial charge in [-0.3, -0.25) is 4.79 Å². The van der Waals surface area contributed by atoms with Crippen molar-refractivity contribution in [2.24, 2.45) is 0 Å². The molecular formula is C11H12O2. The van der Waals surface area contributed by atoms with Gasteiger partial charge in [0.1, 0.15) is 6.10 Å². The molecule has 2 nitrogen and oxygen atoms in total. The Morgan fingerprint density at radius 3 is 2.85 bits per heavy atom. The van der Waals surface area contributed by atoms with Gasteiger partial charge in [0.05, 0.1) is 2.74 Å². The number of rotatable bonds is 3. The van der Waals surface area contributed by atoms with Gasteiger partial charge in [-0.2, -0.15) is 0 Å².